The first-order chi connectivity index (χ1) is 15.0. The highest BCUT2D eigenvalue weighted by atomic mass is 35.5. The maximum absolute atomic E-state index is 11.6. The second kappa shape index (κ2) is 9.15. The molecule has 2 aromatic carbocycles. The average molecular weight is 440 g/mol. The number of benzene rings is 2. The molecular formula is C21H22ClN7O2. The molecule has 10 heteroatoms. The van der Waals surface area contributed by atoms with Crippen molar-refractivity contribution >= 4 is 40.6 Å². The molecule has 1 saturated heterocycles. The number of hydrogen-bond donors (Lipinski definition) is 2. The molecule has 0 unspecified atom stereocenters. The molecule has 0 saturated carbocycles. The van der Waals surface area contributed by atoms with E-state index in [-0.39, 0.29) is 17.3 Å². The van der Waals surface area contributed by atoms with Crippen LogP contribution in [0.4, 0.5) is 29.0 Å². The molecule has 31 heavy (non-hydrogen) atoms. The lowest BCUT2D eigenvalue weighted by Gasteiger charge is -2.34. The molecule has 160 valence electrons. The third kappa shape index (κ3) is 5.01. The molecule has 0 spiro atoms. The van der Waals surface area contributed by atoms with Crippen LogP contribution in [0.1, 0.15) is 5.56 Å². The summed E-state index contributed by atoms with van der Waals surface area (Å²) < 4.78 is 0. The summed E-state index contributed by atoms with van der Waals surface area (Å²) >= 11 is 6.03. The monoisotopic (exact) mass is 439 g/mol. The molecule has 1 fully saturated rings. The summed E-state index contributed by atoms with van der Waals surface area (Å²) in [6.45, 7) is 3.92. The van der Waals surface area contributed by atoms with Gasteiger partial charge in [0, 0.05) is 43.4 Å². The van der Waals surface area contributed by atoms with Gasteiger partial charge in [0.25, 0.3) is 0 Å². The Bertz CT molecular complexity index is 1070. The quantitative estimate of drug-likeness (QED) is 0.441. The minimum absolute atomic E-state index is 0.0430. The Morgan fingerprint density at radius 2 is 1.81 bits per heavy atom. The van der Waals surface area contributed by atoms with Crippen molar-refractivity contribution in [1.29, 1.82) is 0 Å². The van der Waals surface area contributed by atoms with Gasteiger partial charge in [0.1, 0.15) is 0 Å². The van der Waals surface area contributed by atoms with Crippen LogP contribution in [-0.2, 0) is 6.54 Å². The van der Waals surface area contributed by atoms with E-state index in [2.05, 4.69) is 32.3 Å². The number of rotatable bonds is 6. The van der Waals surface area contributed by atoms with Crippen LogP contribution in [0.25, 0.3) is 0 Å². The number of nitrogen functional groups attached to an aromatic ring is 1. The summed E-state index contributed by atoms with van der Waals surface area (Å²) in [4.78, 5) is 24.0. The van der Waals surface area contributed by atoms with Crippen LogP contribution in [-0.4, -0.2) is 46.0 Å². The van der Waals surface area contributed by atoms with Gasteiger partial charge in [-0.1, -0.05) is 48.0 Å². The highest BCUT2D eigenvalue weighted by molar-refractivity contribution is 6.30. The largest absolute Gasteiger partial charge is 0.378 e. The van der Waals surface area contributed by atoms with E-state index in [9.17, 15) is 10.1 Å². The van der Waals surface area contributed by atoms with Crippen molar-refractivity contribution in [2.24, 2.45) is 0 Å². The zero-order chi connectivity index (χ0) is 21.8. The second-order valence-corrected chi connectivity index (χ2v) is 7.68. The fraction of sp³-hybridized carbons (Fsp3) is 0.238. The Kier molecular flexibility index (Phi) is 6.15. The Hall–Kier alpha value is -3.43. The molecule has 9 nitrogen and oxygen atoms in total. The zero-order valence-electron chi connectivity index (χ0n) is 16.7. The first kappa shape index (κ1) is 20.8. The lowest BCUT2D eigenvalue weighted by atomic mass is 10.2. The van der Waals surface area contributed by atoms with Crippen molar-refractivity contribution in [1.82, 2.24) is 14.9 Å². The minimum atomic E-state index is -0.580. The zero-order valence-corrected chi connectivity index (χ0v) is 17.5. The lowest BCUT2D eigenvalue weighted by Crippen LogP contribution is -2.46. The summed E-state index contributed by atoms with van der Waals surface area (Å²) in [7, 11) is 0. The average Bonchev–Trinajstić information content (AvgIpc) is 2.74. The number of nitrogens with one attached hydrogen (secondary N) is 1. The Morgan fingerprint density at radius 3 is 2.48 bits per heavy atom. The predicted octanol–water partition coefficient (Wildman–Crippen LogP) is 3.69. The summed E-state index contributed by atoms with van der Waals surface area (Å²) in [6.07, 6.45) is 0. The number of piperazine rings is 1. The number of aromatic nitrogens is 2. The van der Waals surface area contributed by atoms with Gasteiger partial charge >= 0.3 is 5.69 Å². The summed E-state index contributed by atoms with van der Waals surface area (Å²) in [5.41, 5.74) is 7.43. The predicted molar refractivity (Wildman–Crippen MR) is 122 cm³/mol. The molecule has 4 rings (SSSR count). The van der Waals surface area contributed by atoms with Gasteiger partial charge in [0.2, 0.25) is 17.6 Å². The first-order valence-corrected chi connectivity index (χ1v) is 10.2. The van der Waals surface area contributed by atoms with Crippen LogP contribution in [0.15, 0.2) is 54.6 Å². The van der Waals surface area contributed by atoms with Crippen LogP contribution in [0.2, 0.25) is 5.02 Å². The van der Waals surface area contributed by atoms with Crippen LogP contribution in [0.5, 0.6) is 0 Å². The van der Waals surface area contributed by atoms with E-state index in [0.29, 0.717) is 29.7 Å². The van der Waals surface area contributed by atoms with Gasteiger partial charge in [-0.15, -0.1) is 0 Å². The van der Waals surface area contributed by atoms with E-state index in [0.717, 1.165) is 19.6 Å². The van der Waals surface area contributed by atoms with Gasteiger partial charge in [-0.3, -0.25) is 15.0 Å². The van der Waals surface area contributed by atoms with Crippen molar-refractivity contribution in [3.8, 4) is 0 Å². The molecule has 1 aliphatic heterocycles. The van der Waals surface area contributed by atoms with Gasteiger partial charge < -0.3 is 16.0 Å². The Balaban J connectivity index is 1.52. The third-order valence-electron chi connectivity index (χ3n) is 5.07. The Labute approximate surface area is 184 Å². The van der Waals surface area contributed by atoms with Gasteiger partial charge in [-0.25, -0.2) is 0 Å². The van der Waals surface area contributed by atoms with E-state index >= 15 is 0 Å². The van der Waals surface area contributed by atoms with Crippen molar-refractivity contribution in [3.05, 3.63) is 75.3 Å². The van der Waals surface area contributed by atoms with Crippen LogP contribution in [0, 0.1) is 10.1 Å². The van der Waals surface area contributed by atoms with Crippen LogP contribution >= 0.6 is 11.6 Å². The summed E-state index contributed by atoms with van der Waals surface area (Å²) in [5.74, 6) is 0.236. The van der Waals surface area contributed by atoms with Crippen LogP contribution < -0.4 is 16.0 Å². The van der Waals surface area contributed by atoms with Crippen molar-refractivity contribution in [2.75, 3.05) is 42.1 Å². The fourth-order valence-corrected chi connectivity index (χ4v) is 3.71. The topological polar surface area (TPSA) is 113 Å². The van der Waals surface area contributed by atoms with Gasteiger partial charge in [-0.2, -0.15) is 9.97 Å². The number of nitro groups is 1. The molecular weight excluding hydrogens is 418 g/mol. The molecule has 0 amide bonds. The van der Waals surface area contributed by atoms with Gasteiger partial charge in [0.15, 0.2) is 0 Å². The third-order valence-corrected chi connectivity index (χ3v) is 5.31. The van der Waals surface area contributed by atoms with E-state index < -0.39 is 4.92 Å². The van der Waals surface area contributed by atoms with Gasteiger partial charge in [-0.05, 0) is 23.8 Å². The number of nitrogens with zero attached hydrogens (tertiary/aromatic N) is 5. The van der Waals surface area contributed by atoms with E-state index in [4.69, 9.17) is 17.3 Å². The highest BCUT2D eigenvalue weighted by Gasteiger charge is 2.27. The molecule has 1 aromatic heterocycles. The summed E-state index contributed by atoms with van der Waals surface area (Å²) in [6, 6.07) is 17.2. The normalized spacial score (nSPS) is 14.4. The standard InChI is InChI=1S/C21H22ClN7O2/c22-16-7-4-8-17(13-16)24-20-18(29(30)31)19(23)25-21(26-20)28-11-9-27(10-12-28)14-15-5-2-1-3-6-15/h1-8,13H,9-12,14H2,(H3,23,24,25,26). The maximum Gasteiger partial charge on any atom is 0.353 e. The van der Waals surface area contributed by atoms with Crippen LogP contribution in [0.3, 0.4) is 0 Å². The SMILES string of the molecule is Nc1nc(N2CCN(Cc3ccccc3)CC2)nc(Nc2cccc(Cl)c2)c1[N+](=O)[O-]. The van der Waals surface area contributed by atoms with Crippen molar-refractivity contribution in [3.63, 3.8) is 0 Å². The van der Waals surface area contributed by atoms with E-state index in [1.165, 1.54) is 5.56 Å². The summed E-state index contributed by atoms with van der Waals surface area (Å²) in [5, 5.41) is 15.0. The molecule has 0 bridgehead atoms. The van der Waals surface area contributed by atoms with Crippen molar-refractivity contribution in [2.45, 2.75) is 6.54 Å². The van der Waals surface area contributed by atoms with E-state index in [1.54, 1.807) is 24.3 Å². The molecule has 3 N–H and O–H groups in total. The van der Waals surface area contributed by atoms with Gasteiger partial charge in [0.05, 0.1) is 4.92 Å². The molecule has 1 aliphatic rings. The minimum Gasteiger partial charge on any atom is -0.378 e. The number of nitrogens with two attached hydrogens (primary N) is 1. The maximum atomic E-state index is 11.6. The molecule has 0 atom stereocenters. The molecule has 3 aromatic rings. The van der Waals surface area contributed by atoms with E-state index in [1.807, 2.05) is 23.1 Å². The molecule has 0 aliphatic carbocycles. The molecule has 2 heterocycles. The second-order valence-electron chi connectivity index (χ2n) is 7.25. The fourth-order valence-electron chi connectivity index (χ4n) is 3.52. The first-order valence-electron chi connectivity index (χ1n) is 9.85. The number of hydrogen-bond acceptors (Lipinski definition) is 8. The number of anilines is 4. The Morgan fingerprint density at radius 1 is 1.06 bits per heavy atom. The lowest BCUT2D eigenvalue weighted by molar-refractivity contribution is -0.383. The highest BCUT2D eigenvalue weighted by Crippen LogP contribution is 2.33. The smallest absolute Gasteiger partial charge is 0.353 e. The molecule has 0 radical (unpaired) electrons. The number of halogens is 1. The van der Waals surface area contributed by atoms with Crippen molar-refractivity contribution < 1.29 is 4.92 Å².